The van der Waals surface area contributed by atoms with Crippen molar-refractivity contribution in [3.8, 4) is 11.6 Å². The van der Waals surface area contributed by atoms with E-state index in [1.807, 2.05) is 26.0 Å². The van der Waals surface area contributed by atoms with Crippen LogP contribution in [0.2, 0.25) is 0 Å². The molecule has 0 saturated carbocycles. The first kappa shape index (κ1) is 23.6. The third kappa shape index (κ3) is 4.69. The summed E-state index contributed by atoms with van der Waals surface area (Å²) in [5.74, 6) is 1.87. The summed E-state index contributed by atoms with van der Waals surface area (Å²) in [5, 5.41) is 0. The van der Waals surface area contributed by atoms with Gasteiger partial charge in [0, 0.05) is 44.1 Å². The van der Waals surface area contributed by atoms with Gasteiger partial charge in [-0.1, -0.05) is 13.5 Å². The van der Waals surface area contributed by atoms with Gasteiger partial charge in [-0.25, -0.2) is 4.98 Å². The number of piperidine rings is 1. The van der Waals surface area contributed by atoms with E-state index in [0.29, 0.717) is 17.2 Å². The van der Waals surface area contributed by atoms with Crippen molar-refractivity contribution in [2.24, 2.45) is 13.0 Å². The quantitative estimate of drug-likeness (QED) is 0.494. The summed E-state index contributed by atoms with van der Waals surface area (Å²) >= 11 is 0. The van der Waals surface area contributed by atoms with Gasteiger partial charge in [-0.2, -0.15) is 0 Å². The van der Waals surface area contributed by atoms with Crippen LogP contribution in [0.3, 0.4) is 0 Å². The number of ether oxygens (including phenoxy) is 2. The highest BCUT2D eigenvalue weighted by molar-refractivity contribution is 5.89. The minimum absolute atomic E-state index is 0.00480. The minimum Gasteiger partial charge on any atom is -0.489 e. The molecule has 0 N–H and O–H groups in total. The normalized spacial score (nSPS) is 20.4. The molecular formula is C26H31N5O3. The van der Waals surface area contributed by atoms with E-state index in [-0.39, 0.29) is 29.7 Å². The molecule has 0 aromatic carbocycles. The molecule has 34 heavy (non-hydrogen) atoms. The second-order valence-electron chi connectivity index (χ2n) is 9.14. The maximum Gasteiger partial charge on any atom is 0.270 e. The van der Waals surface area contributed by atoms with Crippen molar-refractivity contribution in [3.63, 3.8) is 0 Å². The average molecular weight is 462 g/mol. The molecule has 0 radical (unpaired) electrons. The summed E-state index contributed by atoms with van der Waals surface area (Å²) in [5.41, 5.74) is 2.09. The summed E-state index contributed by atoms with van der Waals surface area (Å²) in [4.78, 5) is 27.4. The lowest BCUT2D eigenvalue weighted by Crippen LogP contribution is -2.50. The molecule has 3 aromatic heterocycles. The van der Waals surface area contributed by atoms with E-state index < -0.39 is 0 Å². The van der Waals surface area contributed by atoms with Gasteiger partial charge in [-0.05, 0) is 45.4 Å². The summed E-state index contributed by atoms with van der Waals surface area (Å²) in [6, 6.07) is 8.95. The molecule has 8 heteroatoms. The van der Waals surface area contributed by atoms with Crippen molar-refractivity contribution in [1.82, 2.24) is 14.5 Å². The van der Waals surface area contributed by atoms with Crippen LogP contribution in [0.15, 0.2) is 41.3 Å². The van der Waals surface area contributed by atoms with Crippen LogP contribution in [-0.4, -0.2) is 39.3 Å². The summed E-state index contributed by atoms with van der Waals surface area (Å²) in [6.45, 7) is 16.3. The zero-order valence-corrected chi connectivity index (χ0v) is 20.4. The first-order valence-corrected chi connectivity index (χ1v) is 11.7. The Morgan fingerprint density at radius 3 is 2.71 bits per heavy atom. The Hall–Kier alpha value is -3.60. The number of fused-ring (bicyclic) bond motifs is 1. The van der Waals surface area contributed by atoms with Crippen molar-refractivity contribution < 1.29 is 9.47 Å². The van der Waals surface area contributed by atoms with Gasteiger partial charge in [0.15, 0.2) is 0 Å². The monoisotopic (exact) mass is 461 g/mol. The third-order valence-electron chi connectivity index (χ3n) is 6.42. The standard InChI is InChI=1S/C26H31N5O3/c1-7-18-15-31(21-13-25(32)30(6)20-9-10-23(27-5)29-26(20)21)17(4)12-22(18)34-24-11-8-19(14-28-24)33-16(2)3/h8-11,13-14,16-18,22H,7,12,15H2,1-4,6H3/t17-,18+,22+/m1/s1. The van der Waals surface area contributed by atoms with E-state index in [1.54, 1.807) is 36.0 Å². The van der Waals surface area contributed by atoms with Gasteiger partial charge in [0.2, 0.25) is 11.4 Å². The molecule has 0 unspecified atom stereocenters. The molecular weight excluding hydrogens is 430 g/mol. The summed E-state index contributed by atoms with van der Waals surface area (Å²) < 4.78 is 13.6. The lowest BCUT2D eigenvalue weighted by molar-refractivity contribution is 0.0911. The van der Waals surface area contributed by atoms with Crippen LogP contribution in [0.25, 0.3) is 15.9 Å². The number of aryl methyl sites for hydroxylation is 1. The van der Waals surface area contributed by atoms with Crippen molar-refractivity contribution in [1.29, 1.82) is 0 Å². The third-order valence-corrected chi connectivity index (χ3v) is 6.42. The highest BCUT2D eigenvalue weighted by Crippen LogP contribution is 2.35. The summed E-state index contributed by atoms with van der Waals surface area (Å²) in [7, 11) is 1.73. The Bertz CT molecular complexity index is 1260. The molecule has 1 saturated heterocycles. The van der Waals surface area contributed by atoms with Crippen molar-refractivity contribution in [3.05, 3.63) is 58.3 Å². The number of hydrogen-bond donors (Lipinski definition) is 0. The number of hydrogen-bond acceptors (Lipinski definition) is 6. The van der Waals surface area contributed by atoms with Crippen molar-refractivity contribution in [2.75, 3.05) is 11.4 Å². The van der Waals surface area contributed by atoms with Gasteiger partial charge < -0.3 is 23.8 Å². The van der Waals surface area contributed by atoms with Gasteiger partial charge >= 0.3 is 0 Å². The smallest absolute Gasteiger partial charge is 0.270 e. The largest absolute Gasteiger partial charge is 0.489 e. The molecule has 3 aromatic rings. The number of nitrogens with zero attached hydrogens (tertiary/aromatic N) is 5. The molecule has 4 heterocycles. The van der Waals surface area contributed by atoms with Crippen molar-refractivity contribution >= 4 is 22.5 Å². The van der Waals surface area contributed by atoms with Gasteiger partial charge in [0.25, 0.3) is 11.4 Å². The van der Waals surface area contributed by atoms with Gasteiger partial charge in [0.1, 0.15) is 11.9 Å². The number of rotatable bonds is 6. The predicted octanol–water partition coefficient (Wildman–Crippen LogP) is 4.74. The SMILES string of the molecule is [C-]#[N+]c1ccc2c(n1)c(N1C[C@H](CC)[C@@H](Oc3ccc(OC(C)C)cn3)C[C@H]1C)cc(=O)n2C. The summed E-state index contributed by atoms with van der Waals surface area (Å²) in [6.07, 6.45) is 3.50. The van der Waals surface area contributed by atoms with Crippen LogP contribution in [0.4, 0.5) is 11.5 Å². The highest BCUT2D eigenvalue weighted by Gasteiger charge is 2.36. The second-order valence-corrected chi connectivity index (χ2v) is 9.14. The molecule has 1 aliphatic rings. The molecule has 1 aliphatic heterocycles. The fourth-order valence-corrected chi connectivity index (χ4v) is 4.59. The van der Waals surface area contributed by atoms with Gasteiger partial charge in [-0.15, -0.1) is 4.98 Å². The van der Waals surface area contributed by atoms with Gasteiger partial charge in [0.05, 0.1) is 23.5 Å². The lowest BCUT2D eigenvalue weighted by atomic mass is 9.88. The molecule has 178 valence electrons. The Labute approximate surface area is 200 Å². The van der Waals surface area contributed by atoms with E-state index in [2.05, 4.69) is 33.6 Å². The van der Waals surface area contributed by atoms with Crippen LogP contribution >= 0.6 is 0 Å². The first-order valence-electron chi connectivity index (χ1n) is 11.7. The maximum absolute atomic E-state index is 12.7. The predicted molar refractivity (Wildman–Crippen MR) is 133 cm³/mol. The number of pyridine rings is 3. The minimum atomic E-state index is -0.0913. The topological polar surface area (TPSA) is 73.8 Å². The zero-order chi connectivity index (χ0) is 24.4. The van der Waals surface area contributed by atoms with Crippen molar-refractivity contribution in [2.45, 2.75) is 58.8 Å². The van der Waals surface area contributed by atoms with E-state index in [4.69, 9.17) is 16.0 Å². The van der Waals surface area contributed by atoms with Crippen LogP contribution in [0.5, 0.6) is 11.6 Å². The zero-order valence-electron chi connectivity index (χ0n) is 20.4. The van der Waals surface area contributed by atoms with Gasteiger partial charge in [-0.3, -0.25) is 4.79 Å². The second kappa shape index (κ2) is 9.72. The number of aromatic nitrogens is 3. The molecule has 4 rings (SSSR count). The first-order chi connectivity index (χ1) is 16.3. The molecule has 0 amide bonds. The number of anilines is 1. The lowest BCUT2D eigenvalue weighted by Gasteiger charge is -2.43. The maximum atomic E-state index is 12.7. The Morgan fingerprint density at radius 1 is 1.26 bits per heavy atom. The molecule has 0 bridgehead atoms. The van der Waals surface area contributed by atoms with E-state index in [0.717, 1.165) is 36.3 Å². The van der Waals surface area contributed by atoms with Crippen LogP contribution in [-0.2, 0) is 7.05 Å². The molecule has 0 aliphatic carbocycles. The molecule has 8 nitrogen and oxygen atoms in total. The Morgan fingerprint density at radius 2 is 2.06 bits per heavy atom. The highest BCUT2D eigenvalue weighted by atomic mass is 16.5. The van der Waals surface area contributed by atoms with E-state index >= 15 is 0 Å². The van der Waals surface area contributed by atoms with E-state index in [1.165, 1.54) is 0 Å². The van der Waals surface area contributed by atoms with Crippen LogP contribution in [0, 0.1) is 12.5 Å². The van der Waals surface area contributed by atoms with E-state index in [9.17, 15) is 4.79 Å². The van der Waals surface area contributed by atoms with Crippen LogP contribution < -0.4 is 19.9 Å². The fraction of sp³-hybridized carbons (Fsp3) is 0.462. The Kier molecular flexibility index (Phi) is 6.73. The molecule has 0 spiro atoms. The van der Waals surface area contributed by atoms with Crippen LogP contribution in [0.1, 0.15) is 40.5 Å². The molecule has 3 atom stereocenters. The molecule has 1 fully saturated rings. The Balaban J connectivity index is 1.61. The average Bonchev–Trinajstić information content (AvgIpc) is 2.82. The fourth-order valence-electron chi connectivity index (χ4n) is 4.59.